The second-order valence-corrected chi connectivity index (χ2v) is 13.4. The third-order valence-electron chi connectivity index (χ3n) is 3.92. The van der Waals surface area contributed by atoms with Gasteiger partial charge in [-0.1, -0.05) is 19.6 Å². The Hall–Kier alpha value is -0.923. The van der Waals surface area contributed by atoms with E-state index in [0.29, 0.717) is 6.61 Å². The lowest BCUT2D eigenvalue weighted by atomic mass is 10.1. The number of pyridine rings is 1. The van der Waals surface area contributed by atoms with Crippen LogP contribution in [-0.4, -0.2) is 45.4 Å². The Morgan fingerprint density at radius 1 is 1.36 bits per heavy atom. The van der Waals surface area contributed by atoms with Crippen LogP contribution >= 0.6 is 15.9 Å². The largest absolute Gasteiger partial charge is 0.361 e. The molecule has 1 aromatic rings. The van der Waals surface area contributed by atoms with E-state index in [1.54, 1.807) is 17.3 Å². The molecule has 0 aliphatic carbocycles. The van der Waals surface area contributed by atoms with E-state index in [-0.39, 0.29) is 18.7 Å². The lowest BCUT2D eigenvalue weighted by Gasteiger charge is -2.39. The number of ether oxygens (including phenoxy) is 1. The summed E-state index contributed by atoms with van der Waals surface area (Å²) in [7, 11) is 0.804. The minimum Gasteiger partial charge on any atom is -0.361 e. The Labute approximate surface area is 141 Å². The summed E-state index contributed by atoms with van der Waals surface area (Å²) in [6.07, 6.45) is 3.48. The molecule has 0 saturated carbocycles. The molecule has 0 bridgehead atoms. The summed E-state index contributed by atoms with van der Waals surface area (Å²) in [6.45, 7) is 9.83. The quantitative estimate of drug-likeness (QED) is 0.575. The van der Waals surface area contributed by atoms with E-state index in [1.165, 1.54) is 0 Å². The van der Waals surface area contributed by atoms with Gasteiger partial charge in [0.05, 0.1) is 22.0 Å². The molecule has 0 saturated heterocycles. The number of rotatable bonds is 5. The van der Waals surface area contributed by atoms with Crippen LogP contribution in [0.4, 0.5) is 11.4 Å². The first-order chi connectivity index (χ1) is 10.2. The number of hydrogen-bond donors (Lipinski definition) is 0. The molecule has 0 spiro atoms. The number of fused-ring (bicyclic) bond motifs is 1. The van der Waals surface area contributed by atoms with Crippen molar-refractivity contribution >= 4 is 41.3 Å². The van der Waals surface area contributed by atoms with E-state index in [0.717, 1.165) is 21.9 Å². The van der Waals surface area contributed by atoms with Crippen molar-refractivity contribution in [2.45, 2.75) is 38.7 Å². The highest BCUT2D eigenvalue weighted by Gasteiger charge is 2.35. The Kier molecular flexibility index (Phi) is 5.29. The Morgan fingerprint density at radius 3 is 2.68 bits per heavy atom. The molecule has 1 atom stereocenters. The second kappa shape index (κ2) is 6.68. The minimum absolute atomic E-state index is 0.0444. The van der Waals surface area contributed by atoms with Crippen molar-refractivity contribution in [2.24, 2.45) is 0 Å². The van der Waals surface area contributed by atoms with Crippen molar-refractivity contribution in [3.63, 3.8) is 0 Å². The summed E-state index contributed by atoms with van der Waals surface area (Å²) < 4.78 is 6.67. The minimum atomic E-state index is -1.12. The maximum atomic E-state index is 12.6. The molecule has 0 radical (unpaired) electrons. The molecule has 2 rings (SSSR count). The smallest absolute Gasteiger partial charge is 0.251 e. The number of halogens is 1. The molecule has 122 valence electrons. The molecule has 5 nitrogen and oxygen atoms in total. The van der Waals surface area contributed by atoms with Crippen LogP contribution in [0, 0.1) is 0 Å². The van der Waals surface area contributed by atoms with Crippen LogP contribution in [0.15, 0.2) is 16.9 Å². The van der Waals surface area contributed by atoms with Crippen LogP contribution in [0.25, 0.3) is 0 Å². The van der Waals surface area contributed by atoms with Crippen molar-refractivity contribution in [1.29, 1.82) is 0 Å². The average Bonchev–Trinajstić information content (AvgIpc) is 2.42. The predicted molar refractivity (Wildman–Crippen MR) is 96.3 cm³/mol. The van der Waals surface area contributed by atoms with Crippen LogP contribution in [0.1, 0.15) is 6.92 Å². The highest BCUT2D eigenvalue weighted by Crippen LogP contribution is 2.39. The molecule has 0 fully saturated rings. The van der Waals surface area contributed by atoms with Gasteiger partial charge in [-0.3, -0.25) is 14.7 Å². The SMILES string of the molecule is C[C@@H]1C(=O)N(COCC[Si](C)(C)C)c2cncc(Br)c2N1C. The zero-order valence-electron chi connectivity index (χ0n) is 13.9. The van der Waals surface area contributed by atoms with Crippen LogP contribution in [0.2, 0.25) is 25.7 Å². The van der Waals surface area contributed by atoms with E-state index in [2.05, 4.69) is 40.6 Å². The number of carbonyl (C=O) groups is 1. The van der Waals surface area contributed by atoms with Crippen LogP contribution in [0.5, 0.6) is 0 Å². The molecule has 22 heavy (non-hydrogen) atoms. The van der Waals surface area contributed by atoms with Gasteiger partial charge in [-0.2, -0.15) is 0 Å². The Morgan fingerprint density at radius 2 is 2.05 bits per heavy atom. The first kappa shape index (κ1) is 17.4. The first-order valence-corrected chi connectivity index (χ1v) is 12.0. The van der Waals surface area contributed by atoms with Crippen LogP contribution in [-0.2, 0) is 9.53 Å². The molecule has 0 unspecified atom stereocenters. The molecular weight excluding hydrogens is 362 g/mol. The van der Waals surface area contributed by atoms with Crippen LogP contribution < -0.4 is 9.80 Å². The van der Waals surface area contributed by atoms with E-state index < -0.39 is 8.07 Å². The summed E-state index contributed by atoms with van der Waals surface area (Å²) in [4.78, 5) is 20.4. The number of anilines is 2. The van der Waals surface area contributed by atoms with Crippen molar-refractivity contribution in [1.82, 2.24) is 4.98 Å². The summed E-state index contributed by atoms with van der Waals surface area (Å²) in [5.74, 6) is 0.0444. The van der Waals surface area contributed by atoms with Crippen LogP contribution in [0.3, 0.4) is 0 Å². The average molecular weight is 386 g/mol. The molecular formula is C15H24BrN3O2Si. The zero-order valence-corrected chi connectivity index (χ0v) is 16.5. The molecule has 0 N–H and O–H groups in total. The van der Waals surface area contributed by atoms with E-state index >= 15 is 0 Å². The van der Waals surface area contributed by atoms with Crippen molar-refractivity contribution in [3.05, 3.63) is 16.9 Å². The number of nitrogens with zero attached hydrogens (tertiary/aromatic N) is 3. The standard InChI is InChI=1S/C15H24BrN3O2Si/c1-11-15(20)19(10-21-6-7-22(3,4)5)13-9-17-8-12(16)14(13)18(11)2/h8-9,11H,6-7,10H2,1-5H3/t11-/m1/s1. The fourth-order valence-corrected chi connectivity index (χ4v) is 3.69. The fraction of sp³-hybridized carbons (Fsp3) is 0.600. The van der Waals surface area contributed by atoms with Crippen molar-refractivity contribution < 1.29 is 9.53 Å². The second-order valence-electron chi connectivity index (χ2n) is 6.89. The fourth-order valence-electron chi connectivity index (χ4n) is 2.34. The highest BCUT2D eigenvalue weighted by atomic mass is 79.9. The topological polar surface area (TPSA) is 45.7 Å². The lowest BCUT2D eigenvalue weighted by Crippen LogP contribution is -2.51. The molecule has 1 aromatic heterocycles. The molecule has 2 heterocycles. The number of likely N-dealkylation sites (N-methyl/N-ethyl adjacent to an activating group) is 1. The van der Waals surface area contributed by atoms with Crippen molar-refractivity contribution in [2.75, 3.05) is 30.2 Å². The van der Waals surface area contributed by atoms with Gasteiger partial charge in [-0.05, 0) is 28.9 Å². The summed E-state index contributed by atoms with van der Waals surface area (Å²) in [6, 6.07) is 0.875. The van der Waals surface area contributed by atoms with Gasteiger partial charge < -0.3 is 9.64 Å². The number of amides is 1. The van der Waals surface area contributed by atoms with E-state index in [4.69, 9.17) is 4.74 Å². The highest BCUT2D eigenvalue weighted by molar-refractivity contribution is 9.10. The monoisotopic (exact) mass is 385 g/mol. The number of aromatic nitrogens is 1. The lowest BCUT2D eigenvalue weighted by molar-refractivity contribution is -0.120. The Bertz CT molecular complexity index is 562. The molecule has 7 heteroatoms. The van der Waals surface area contributed by atoms with Gasteiger partial charge in [0, 0.05) is 27.9 Å². The summed E-state index contributed by atoms with van der Waals surface area (Å²) in [5, 5.41) is 0. The van der Waals surface area contributed by atoms with Gasteiger partial charge in [0.15, 0.2) is 0 Å². The number of carbonyl (C=O) groups excluding carboxylic acids is 1. The van der Waals surface area contributed by atoms with Gasteiger partial charge in [-0.15, -0.1) is 0 Å². The van der Waals surface area contributed by atoms with Gasteiger partial charge in [0.1, 0.15) is 12.8 Å². The summed E-state index contributed by atoms with van der Waals surface area (Å²) >= 11 is 3.53. The van der Waals surface area contributed by atoms with Gasteiger partial charge in [0.25, 0.3) is 5.91 Å². The Balaban J connectivity index is 2.16. The third kappa shape index (κ3) is 3.69. The molecule has 1 aliphatic rings. The zero-order chi connectivity index (χ0) is 16.5. The first-order valence-electron chi connectivity index (χ1n) is 7.48. The third-order valence-corrected chi connectivity index (χ3v) is 6.20. The molecule has 1 aliphatic heterocycles. The van der Waals surface area contributed by atoms with Crippen molar-refractivity contribution in [3.8, 4) is 0 Å². The van der Waals surface area contributed by atoms with Gasteiger partial charge in [0.2, 0.25) is 0 Å². The maximum Gasteiger partial charge on any atom is 0.251 e. The van der Waals surface area contributed by atoms with E-state index in [1.807, 2.05) is 18.9 Å². The summed E-state index contributed by atoms with van der Waals surface area (Å²) in [5.41, 5.74) is 1.78. The maximum absolute atomic E-state index is 12.6. The molecule has 0 aromatic carbocycles. The number of hydrogen-bond acceptors (Lipinski definition) is 4. The molecule has 1 amide bonds. The predicted octanol–water partition coefficient (Wildman–Crippen LogP) is 3.33. The normalized spacial score (nSPS) is 18.6. The van der Waals surface area contributed by atoms with Gasteiger partial charge in [-0.25, -0.2) is 0 Å². The van der Waals surface area contributed by atoms with Gasteiger partial charge >= 0.3 is 0 Å². The van der Waals surface area contributed by atoms with E-state index in [9.17, 15) is 4.79 Å².